The molecule has 0 spiro atoms. The number of quaternary nitrogens is 1. The Morgan fingerprint density at radius 1 is 1.07 bits per heavy atom. The number of hydrogen-bond acceptors (Lipinski definition) is 5. The fourth-order valence-corrected chi connectivity index (χ4v) is 2.92. The van der Waals surface area contributed by atoms with Gasteiger partial charge in [0.15, 0.2) is 17.5 Å². The van der Waals surface area contributed by atoms with Gasteiger partial charge in [-0.1, -0.05) is 17.7 Å². The Morgan fingerprint density at radius 3 is 2.45 bits per heavy atom. The Morgan fingerprint density at radius 2 is 1.79 bits per heavy atom. The molecule has 1 aromatic heterocycles. The summed E-state index contributed by atoms with van der Waals surface area (Å²) in [6, 6.07) is 12.7. The van der Waals surface area contributed by atoms with E-state index in [4.69, 9.17) is 9.15 Å². The third kappa shape index (κ3) is 5.08. The van der Waals surface area contributed by atoms with E-state index in [9.17, 15) is 8.78 Å². The number of rotatable bonds is 8. The molecule has 0 fully saturated rings. The van der Waals surface area contributed by atoms with E-state index in [-0.39, 0.29) is 17.5 Å². The zero-order chi connectivity index (χ0) is 21.0. The fourth-order valence-electron chi connectivity index (χ4n) is 2.92. The van der Waals surface area contributed by atoms with Crippen molar-refractivity contribution in [3.63, 3.8) is 0 Å². The van der Waals surface area contributed by atoms with Crippen molar-refractivity contribution in [1.29, 1.82) is 0 Å². The summed E-state index contributed by atoms with van der Waals surface area (Å²) in [6.45, 7) is 1.72. The molecule has 0 radical (unpaired) electrons. The highest BCUT2D eigenvalue weighted by Crippen LogP contribution is 2.29. The number of halogens is 2. The van der Waals surface area contributed by atoms with Gasteiger partial charge in [-0.25, -0.2) is 0 Å². The Hall–Kier alpha value is -3.00. The Kier molecular flexibility index (Phi) is 6.43. The van der Waals surface area contributed by atoms with Crippen LogP contribution >= 0.6 is 0 Å². The van der Waals surface area contributed by atoms with Crippen LogP contribution < -0.4 is 14.4 Å². The van der Waals surface area contributed by atoms with Crippen molar-refractivity contribution in [2.75, 3.05) is 14.2 Å². The van der Waals surface area contributed by atoms with Crippen molar-refractivity contribution >= 4 is 0 Å². The van der Waals surface area contributed by atoms with E-state index in [1.807, 2.05) is 45.2 Å². The van der Waals surface area contributed by atoms with E-state index in [0.717, 1.165) is 21.6 Å². The SMILES string of the molecule is COc1cc(C[NH+](C)[C@H](C)c2nnc(-c3ccc(C)cc3)o2)ccc1OC(F)F. The first-order chi connectivity index (χ1) is 13.9. The molecule has 2 atom stereocenters. The van der Waals surface area contributed by atoms with E-state index in [2.05, 4.69) is 14.9 Å². The predicted molar refractivity (Wildman–Crippen MR) is 103 cm³/mol. The summed E-state index contributed by atoms with van der Waals surface area (Å²) in [4.78, 5) is 1.09. The molecule has 154 valence electrons. The highest BCUT2D eigenvalue weighted by molar-refractivity contribution is 5.52. The highest BCUT2D eigenvalue weighted by atomic mass is 19.3. The van der Waals surface area contributed by atoms with Crippen LogP contribution in [0.1, 0.15) is 30.0 Å². The van der Waals surface area contributed by atoms with Gasteiger partial charge < -0.3 is 18.8 Å². The van der Waals surface area contributed by atoms with Crippen LogP contribution in [0.2, 0.25) is 0 Å². The number of alkyl halides is 2. The molecule has 8 heteroatoms. The maximum atomic E-state index is 12.5. The molecule has 3 aromatic rings. The number of ether oxygens (including phenoxy) is 2. The van der Waals surface area contributed by atoms with Gasteiger partial charge in [0.1, 0.15) is 6.54 Å². The molecule has 1 heterocycles. The lowest BCUT2D eigenvalue weighted by Crippen LogP contribution is -3.07. The maximum Gasteiger partial charge on any atom is 0.387 e. The van der Waals surface area contributed by atoms with Gasteiger partial charge in [-0.15, -0.1) is 10.2 Å². The molecule has 2 aromatic carbocycles. The van der Waals surface area contributed by atoms with Gasteiger partial charge in [0, 0.05) is 11.1 Å². The molecular weight excluding hydrogens is 380 g/mol. The average molecular weight is 404 g/mol. The van der Waals surface area contributed by atoms with Gasteiger partial charge in [0.25, 0.3) is 5.89 Å². The lowest BCUT2D eigenvalue weighted by molar-refractivity contribution is -0.925. The van der Waals surface area contributed by atoms with Crippen molar-refractivity contribution in [3.05, 3.63) is 59.5 Å². The molecule has 0 aliphatic carbocycles. The second kappa shape index (κ2) is 9.00. The number of methoxy groups -OCH3 is 1. The van der Waals surface area contributed by atoms with E-state index < -0.39 is 6.61 Å². The lowest BCUT2D eigenvalue weighted by atomic mass is 10.1. The van der Waals surface area contributed by atoms with Crippen molar-refractivity contribution < 1.29 is 27.6 Å². The number of nitrogens with one attached hydrogen (secondary N) is 1. The molecule has 0 amide bonds. The topological polar surface area (TPSA) is 61.8 Å². The predicted octanol–water partition coefficient (Wildman–Crippen LogP) is 3.43. The number of benzene rings is 2. The highest BCUT2D eigenvalue weighted by Gasteiger charge is 2.23. The normalized spacial score (nSPS) is 13.3. The summed E-state index contributed by atoms with van der Waals surface area (Å²) in [5, 5.41) is 8.35. The first-order valence-electron chi connectivity index (χ1n) is 9.22. The molecule has 3 rings (SSSR count). The second-order valence-corrected chi connectivity index (χ2v) is 6.92. The van der Waals surface area contributed by atoms with Crippen LogP contribution in [0.15, 0.2) is 46.9 Å². The van der Waals surface area contributed by atoms with Crippen LogP contribution in [0.25, 0.3) is 11.5 Å². The van der Waals surface area contributed by atoms with E-state index in [0.29, 0.717) is 18.3 Å². The van der Waals surface area contributed by atoms with Gasteiger partial charge >= 0.3 is 6.61 Å². The maximum absolute atomic E-state index is 12.5. The zero-order valence-electron chi connectivity index (χ0n) is 16.8. The minimum atomic E-state index is -2.90. The van der Waals surface area contributed by atoms with Crippen LogP contribution in [-0.4, -0.2) is 31.0 Å². The number of aryl methyl sites for hydroxylation is 1. The van der Waals surface area contributed by atoms with Crippen LogP contribution in [0.5, 0.6) is 11.5 Å². The summed E-state index contributed by atoms with van der Waals surface area (Å²) >= 11 is 0. The Balaban J connectivity index is 1.70. The first kappa shape index (κ1) is 20.7. The van der Waals surface area contributed by atoms with Gasteiger partial charge in [-0.3, -0.25) is 0 Å². The molecule has 0 bridgehead atoms. The molecule has 0 saturated carbocycles. The van der Waals surface area contributed by atoms with Gasteiger partial charge in [0.2, 0.25) is 5.89 Å². The van der Waals surface area contributed by atoms with E-state index >= 15 is 0 Å². The Labute approximate surface area is 168 Å². The number of hydrogen-bond donors (Lipinski definition) is 1. The van der Waals surface area contributed by atoms with Crippen molar-refractivity contribution in [3.8, 4) is 23.0 Å². The molecule has 1 unspecified atom stereocenters. The largest absolute Gasteiger partial charge is 0.493 e. The van der Waals surface area contributed by atoms with Crippen LogP contribution in [0.4, 0.5) is 8.78 Å². The fraction of sp³-hybridized carbons (Fsp3) is 0.333. The molecular formula is C21H24F2N3O3+. The molecule has 0 aliphatic heterocycles. The molecule has 1 N–H and O–H groups in total. The quantitative estimate of drug-likeness (QED) is 0.623. The van der Waals surface area contributed by atoms with E-state index in [1.165, 1.54) is 13.2 Å². The van der Waals surface area contributed by atoms with Gasteiger partial charge in [-0.05, 0) is 44.2 Å². The lowest BCUT2D eigenvalue weighted by Gasteiger charge is -2.19. The number of aromatic nitrogens is 2. The first-order valence-corrected chi connectivity index (χ1v) is 9.22. The third-order valence-electron chi connectivity index (χ3n) is 4.78. The van der Waals surface area contributed by atoms with Gasteiger partial charge in [0.05, 0.1) is 14.2 Å². The third-order valence-corrected chi connectivity index (χ3v) is 4.78. The standard InChI is InChI=1S/C21H23F2N3O3/c1-13-5-8-16(9-6-13)20-25-24-19(29-20)14(2)26(3)12-15-7-10-17(28-21(22)23)18(11-15)27-4/h5-11,14,21H,12H2,1-4H3/p+1/t14-/m1/s1. The van der Waals surface area contributed by atoms with Crippen molar-refractivity contribution in [2.45, 2.75) is 33.0 Å². The van der Waals surface area contributed by atoms with Crippen LogP contribution in [-0.2, 0) is 6.54 Å². The summed E-state index contributed by atoms with van der Waals surface area (Å²) in [5.41, 5.74) is 2.94. The van der Waals surface area contributed by atoms with Crippen LogP contribution in [0, 0.1) is 6.92 Å². The van der Waals surface area contributed by atoms with Gasteiger partial charge in [-0.2, -0.15) is 8.78 Å². The smallest absolute Gasteiger partial charge is 0.387 e. The van der Waals surface area contributed by atoms with Crippen molar-refractivity contribution in [2.24, 2.45) is 0 Å². The Bertz CT molecular complexity index is 945. The number of nitrogens with zero attached hydrogens (tertiary/aromatic N) is 2. The van der Waals surface area contributed by atoms with E-state index in [1.54, 1.807) is 12.1 Å². The average Bonchev–Trinajstić information content (AvgIpc) is 3.18. The molecule has 29 heavy (non-hydrogen) atoms. The molecule has 6 nitrogen and oxygen atoms in total. The summed E-state index contributed by atoms with van der Waals surface area (Å²) in [6.07, 6.45) is 0. The second-order valence-electron chi connectivity index (χ2n) is 6.92. The van der Waals surface area contributed by atoms with Crippen LogP contribution in [0.3, 0.4) is 0 Å². The molecule has 0 saturated heterocycles. The summed E-state index contributed by atoms with van der Waals surface area (Å²) in [7, 11) is 3.41. The van der Waals surface area contributed by atoms with Crippen molar-refractivity contribution in [1.82, 2.24) is 10.2 Å². The summed E-state index contributed by atoms with van der Waals surface area (Å²) in [5.74, 6) is 1.29. The summed E-state index contributed by atoms with van der Waals surface area (Å²) < 4.78 is 40.5. The minimum Gasteiger partial charge on any atom is -0.493 e. The zero-order valence-corrected chi connectivity index (χ0v) is 16.8. The monoisotopic (exact) mass is 404 g/mol. The molecule has 0 aliphatic rings. The minimum absolute atomic E-state index is 0.0107.